The molecule has 26 heavy (non-hydrogen) atoms. The third kappa shape index (κ3) is 3.78. The zero-order valence-corrected chi connectivity index (χ0v) is 14.7. The molecule has 0 radical (unpaired) electrons. The van der Waals surface area contributed by atoms with Crippen molar-refractivity contribution in [1.29, 1.82) is 0 Å². The van der Waals surface area contributed by atoms with Crippen LogP contribution in [0.1, 0.15) is 10.4 Å². The van der Waals surface area contributed by atoms with Crippen molar-refractivity contribution in [2.24, 2.45) is 0 Å². The van der Waals surface area contributed by atoms with E-state index in [-0.39, 0.29) is 29.0 Å². The highest BCUT2D eigenvalue weighted by atomic mass is 35.5. The summed E-state index contributed by atoms with van der Waals surface area (Å²) in [6, 6.07) is 16.4. The number of hydrogen-bond donors (Lipinski definition) is 1. The van der Waals surface area contributed by atoms with Crippen molar-refractivity contribution >= 4 is 40.3 Å². The number of aldehydes is 1. The number of halogens is 1. The maximum absolute atomic E-state index is 12.3. The maximum atomic E-state index is 12.3. The van der Waals surface area contributed by atoms with E-state index in [1.807, 2.05) is 42.5 Å². The molecule has 0 aliphatic rings. The monoisotopic (exact) mass is 369 g/mol. The van der Waals surface area contributed by atoms with Gasteiger partial charge in [0.15, 0.2) is 18.1 Å². The minimum atomic E-state index is -0.334. The van der Waals surface area contributed by atoms with Gasteiger partial charge in [-0.2, -0.15) is 0 Å². The highest BCUT2D eigenvalue weighted by Crippen LogP contribution is 2.36. The number of ether oxygens (including phenoxy) is 2. The smallest absolute Gasteiger partial charge is 0.262 e. The van der Waals surface area contributed by atoms with E-state index >= 15 is 0 Å². The van der Waals surface area contributed by atoms with Gasteiger partial charge in [-0.05, 0) is 23.6 Å². The van der Waals surface area contributed by atoms with Gasteiger partial charge in [0.1, 0.15) is 6.29 Å². The van der Waals surface area contributed by atoms with Gasteiger partial charge in [0.2, 0.25) is 0 Å². The molecule has 3 aromatic carbocycles. The Hall–Kier alpha value is -3.05. The predicted octanol–water partition coefficient (Wildman–Crippen LogP) is 4.33. The van der Waals surface area contributed by atoms with Crippen LogP contribution in [-0.4, -0.2) is 25.9 Å². The molecule has 0 aliphatic heterocycles. The summed E-state index contributed by atoms with van der Waals surface area (Å²) in [5, 5.41) is 5.00. The summed E-state index contributed by atoms with van der Waals surface area (Å²) in [5.41, 5.74) is 1.06. The first-order valence-corrected chi connectivity index (χ1v) is 8.23. The Morgan fingerprint density at radius 3 is 2.69 bits per heavy atom. The van der Waals surface area contributed by atoms with Gasteiger partial charge in [-0.1, -0.05) is 48.0 Å². The molecule has 0 unspecified atom stereocenters. The molecule has 0 heterocycles. The second-order valence-corrected chi connectivity index (χ2v) is 5.92. The van der Waals surface area contributed by atoms with Crippen LogP contribution in [0.3, 0.4) is 0 Å². The lowest BCUT2D eigenvalue weighted by Crippen LogP contribution is -2.20. The van der Waals surface area contributed by atoms with Crippen molar-refractivity contribution in [2.45, 2.75) is 0 Å². The summed E-state index contributed by atoms with van der Waals surface area (Å²) in [5.74, 6) is 0.171. The van der Waals surface area contributed by atoms with Gasteiger partial charge in [0.25, 0.3) is 5.91 Å². The van der Waals surface area contributed by atoms with E-state index in [9.17, 15) is 9.59 Å². The molecule has 3 rings (SSSR count). The minimum Gasteiger partial charge on any atom is -0.493 e. The molecule has 1 amide bonds. The summed E-state index contributed by atoms with van der Waals surface area (Å²) in [4.78, 5) is 23.2. The van der Waals surface area contributed by atoms with Crippen LogP contribution in [0.4, 0.5) is 5.69 Å². The van der Waals surface area contributed by atoms with Crippen LogP contribution in [-0.2, 0) is 4.79 Å². The summed E-state index contributed by atoms with van der Waals surface area (Å²) < 4.78 is 10.7. The molecular weight excluding hydrogens is 354 g/mol. The number of amides is 1. The van der Waals surface area contributed by atoms with Gasteiger partial charge in [0.05, 0.1) is 12.1 Å². The Labute approximate surface area is 155 Å². The Bertz CT molecular complexity index is 966. The molecule has 0 spiro atoms. The highest BCUT2D eigenvalue weighted by Gasteiger charge is 2.14. The molecule has 0 fully saturated rings. The molecule has 0 saturated carbocycles. The number of benzene rings is 3. The SMILES string of the molecule is COc1cc(C=O)cc(Cl)c1OCC(=O)Nc1cccc2ccccc12. The summed E-state index contributed by atoms with van der Waals surface area (Å²) in [7, 11) is 1.43. The van der Waals surface area contributed by atoms with Crippen LogP contribution in [0.2, 0.25) is 5.02 Å². The highest BCUT2D eigenvalue weighted by molar-refractivity contribution is 6.32. The maximum Gasteiger partial charge on any atom is 0.262 e. The number of nitrogens with one attached hydrogen (secondary N) is 1. The largest absolute Gasteiger partial charge is 0.493 e. The van der Waals surface area contributed by atoms with Crippen LogP contribution in [0.25, 0.3) is 10.8 Å². The van der Waals surface area contributed by atoms with Crippen LogP contribution < -0.4 is 14.8 Å². The van der Waals surface area contributed by atoms with Crippen LogP contribution in [0.5, 0.6) is 11.5 Å². The van der Waals surface area contributed by atoms with E-state index < -0.39 is 0 Å². The van der Waals surface area contributed by atoms with Gasteiger partial charge < -0.3 is 14.8 Å². The van der Waals surface area contributed by atoms with Crippen LogP contribution in [0, 0.1) is 0 Å². The van der Waals surface area contributed by atoms with E-state index in [4.69, 9.17) is 21.1 Å². The fourth-order valence-corrected chi connectivity index (χ4v) is 2.88. The molecular formula is C20H16ClNO4. The second-order valence-electron chi connectivity index (χ2n) is 5.52. The first-order valence-electron chi connectivity index (χ1n) is 7.85. The number of hydrogen-bond acceptors (Lipinski definition) is 4. The molecule has 0 aliphatic carbocycles. The van der Waals surface area contributed by atoms with Crippen molar-refractivity contribution in [1.82, 2.24) is 0 Å². The Kier molecular flexibility index (Phi) is 5.39. The average Bonchev–Trinajstić information content (AvgIpc) is 2.66. The number of methoxy groups -OCH3 is 1. The Morgan fingerprint density at radius 2 is 1.92 bits per heavy atom. The number of carbonyl (C=O) groups excluding carboxylic acids is 2. The van der Waals surface area contributed by atoms with Crippen molar-refractivity contribution < 1.29 is 19.1 Å². The molecule has 132 valence electrons. The van der Waals surface area contributed by atoms with E-state index in [0.29, 0.717) is 17.5 Å². The number of rotatable bonds is 6. The quantitative estimate of drug-likeness (QED) is 0.657. The van der Waals surface area contributed by atoms with Gasteiger partial charge >= 0.3 is 0 Å². The first-order chi connectivity index (χ1) is 12.6. The average molecular weight is 370 g/mol. The Balaban J connectivity index is 1.74. The standard InChI is InChI=1S/C20H16ClNO4/c1-25-18-10-13(11-23)9-16(21)20(18)26-12-19(24)22-17-8-4-6-14-5-2-3-7-15(14)17/h2-11H,12H2,1H3,(H,22,24). The molecule has 6 heteroatoms. The zero-order chi connectivity index (χ0) is 18.5. The first kappa shape index (κ1) is 17.8. The lowest BCUT2D eigenvalue weighted by molar-refractivity contribution is -0.118. The topological polar surface area (TPSA) is 64.6 Å². The molecule has 1 N–H and O–H groups in total. The number of carbonyl (C=O) groups is 2. The lowest BCUT2D eigenvalue weighted by atomic mass is 10.1. The Morgan fingerprint density at radius 1 is 1.15 bits per heavy atom. The summed E-state index contributed by atoms with van der Waals surface area (Å²) >= 11 is 6.12. The van der Waals surface area contributed by atoms with Crippen LogP contribution in [0.15, 0.2) is 54.6 Å². The normalized spacial score (nSPS) is 10.4. The molecule has 5 nitrogen and oxygen atoms in total. The van der Waals surface area contributed by atoms with Crippen LogP contribution >= 0.6 is 11.6 Å². The molecule has 0 aromatic heterocycles. The third-order valence-electron chi connectivity index (χ3n) is 3.80. The van der Waals surface area contributed by atoms with Gasteiger partial charge in [-0.3, -0.25) is 9.59 Å². The molecule has 0 bridgehead atoms. The summed E-state index contributed by atoms with van der Waals surface area (Å²) in [6.07, 6.45) is 0.658. The van der Waals surface area contributed by atoms with E-state index in [1.165, 1.54) is 19.2 Å². The predicted molar refractivity (Wildman–Crippen MR) is 101 cm³/mol. The molecule has 3 aromatic rings. The lowest BCUT2D eigenvalue weighted by Gasteiger charge is -2.13. The van der Waals surface area contributed by atoms with Crippen molar-refractivity contribution in [2.75, 3.05) is 19.0 Å². The van der Waals surface area contributed by atoms with E-state index in [2.05, 4.69) is 5.32 Å². The van der Waals surface area contributed by atoms with Crippen molar-refractivity contribution in [3.05, 3.63) is 65.2 Å². The van der Waals surface area contributed by atoms with Gasteiger partial charge in [-0.25, -0.2) is 0 Å². The van der Waals surface area contributed by atoms with Crippen molar-refractivity contribution in [3.8, 4) is 11.5 Å². The fraction of sp³-hybridized carbons (Fsp3) is 0.100. The third-order valence-corrected chi connectivity index (χ3v) is 4.08. The fourth-order valence-electron chi connectivity index (χ4n) is 2.61. The number of fused-ring (bicyclic) bond motifs is 1. The summed E-state index contributed by atoms with van der Waals surface area (Å²) in [6.45, 7) is -0.250. The molecule has 0 saturated heterocycles. The molecule has 0 atom stereocenters. The van der Waals surface area contributed by atoms with E-state index in [1.54, 1.807) is 0 Å². The van der Waals surface area contributed by atoms with E-state index in [0.717, 1.165) is 10.8 Å². The second kappa shape index (κ2) is 7.89. The minimum absolute atomic E-state index is 0.199. The zero-order valence-electron chi connectivity index (χ0n) is 14.0. The van der Waals surface area contributed by atoms with Crippen molar-refractivity contribution in [3.63, 3.8) is 0 Å². The van der Waals surface area contributed by atoms with Gasteiger partial charge in [0, 0.05) is 16.6 Å². The van der Waals surface area contributed by atoms with Gasteiger partial charge in [-0.15, -0.1) is 0 Å². The number of anilines is 1.